The maximum atomic E-state index is 10.0. The molecule has 0 aromatic rings. The Kier molecular flexibility index (Phi) is 42.2. The van der Waals surface area contributed by atoms with Gasteiger partial charge in [0.25, 0.3) is 0 Å². The van der Waals surface area contributed by atoms with Gasteiger partial charge in [0.2, 0.25) is 0 Å². The zero-order valence-electron chi connectivity index (χ0n) is 17.9. The molecule has 0 aliphatic rings. The van der Waals surface area contributed by atoms with Crippen LogP contribution in [-0.4, -0.2) is 11.9 Å². The summed E-state index contributed by atoms with van der Waals surface area (Å²) in [7, 11) is 0. The van der Waals surface area contributed by atoms with Crippen LogP contribution >= 0.6 is 0 Å². The van der Waals surface area contributed by atoms with Crippen molar-refractivity contribution in [1.29, 1.82) is 0 Å². The third-order valence-corrected chi connectivity index (χ3v) is 3.97. The minimum Gasteiger partial charge on any atom is -0.550 e. The van der Waals surface area contributed by atoms with E-state index in [0.717, 1.165) is 25.7 Å². The Morgan fingerprint density at radius 1 is 0.538 bits per heavy atom. The smallest absolute Gasteiger partial charge is 0.550 e. The van der Waals surface area contributed by atoms with Crippen molar-refractivity contribution in [2.75, 3.05) is 0 Å². The van der Waals surface area contributed by atoms with Crippen molar-refractivity contribution in [3.05, 3.63) is 0 Å². The summed E-state index contributed by atoms with van der Waals surface area (Å²) in [6.45, 7) is 4.38. The third kappa shape index (κ3) is 40.3. The second-order valence-electron chi connectivity index (χ2n) is 6.49. The van der Waals surface area contributed by atoms with E-state index < -0.39 is 11.9 Å². The van der Waals surface area contributed by atoms with Crippen molar-refractivity contribution in [2.45, 2.75) is 117 Å². The van der Waals surface area contributed by atoms with E-state index in [0.29, 0.717) is 0 Å². The molecule has 0 rings (SSSR count). The molecule has 0 N–H and O–H groups in total. The summed E-state index contributed by atoms with van der Waals surface area (Å²) in [4.78, 5) is 20.0. The normalized spacial score (nSPS) is 9.31. The molecule has 144 valence electrons. The van der Waals surface area contributed by atoms with Crippen LogP contribution in [0.2, 0.25) is 0 Å². The standard InChI is InChI=1S/2C10H20O2.K.Na/c2*1-2-3-4-5-6-7-8-9-10(11)12;;/h2*2-9H2,1H3,(H,11,12);;/q;;2*+1/p-2. The Labute approximate surface area is 226 Å². The van der Waals surface area contributed by atoms with Gasteiger partial charge in [0.1, 0.15) is 0 Å². The number of carbonyl (C=O) groups excluding carboxylic acids is 2. The minimum atomic E-state index is -0.913. The van der Waals surface area contributed by atoms with Gasteiger partial charge in [-0.15, -0.1) is 0 Å². The maximum Gasteiger partial charge on any atom is 1.00 e. The van der Waals surface area contributed by atoms with Crippen LogP contribution in [0.1, 0.15) is 117 Å². The SMILES string of the molecule is CCCCCCCCCC(=O)[O-].CCCCCCCCCC(=O)[O-].[K+].[Na+]. The number of carboxylic acid groups (broad SMARTS) is 2. The molecule has 0 atom stereocenters. The first kappa shape index (κ1) is 35.0. The molecule has 0 aliphatic heterocycles. The summed E-state index contributed by atoms with van der Waals surface area (Å²) >= 11 is 0. The van der Waals surface area contributed by atoms with Crippen molar-refractivity contribution < 1.29 is 101 Å². The number of aliphatic carboxylic acids is 2. The molecule has 0 radical (unpaired) electrons. The van der Waals surface area contributed by atoms with Gasteiger partial charge in [-0.1, -0.05) is 90.9 Å². The molecule has 0 unspecified atom stereocenters. The average Bonchev–Trinajstić information content (AvgIpc) is 2.53. The van der Waals surface area contributed by atoms with Crippen LogP contribution in [0, 0.1) is 0 Å². The van der Waals surface area contributed by atoms with Gasteiger partial charge in [0.05, 0.1) is 0 Å². The summed E-state index contributed by atoms with van der Waals surface area (Å²) in [6, 6.07) is 0. The average molecular weight is 405 g/mol. The second-order valence-corrected chi connectivity index (χ2v) is 6.49. The molecule has 0 saturated heterocycles. The Bertz CT molecular complexity index is 261. The third-order valence-electron chi connectivity index (χ3n) is 3.97. The molecular formula is C20H38KNaO4. The van der Waals surface area contributed by atoms with Crippen LogP contribution in [0.15, 0.2) is 0 Å². The molecule has 26 heavy (non-hydrogen) atoms. The molecular weight excluding hydrogens is 366 g/mol. The van der Waals surface area contributed by atoms with E-state index in [1.165, 1.54) is 64.2 Å². The van der Waals surface area contributed by atoms with Crippen LogP contribution in [0.4, 0.5) is 0 Å². The fraction of sp³-hybridized carbons (Fsp3) is 0.900. The fourth-order valence-corrected chi connectivity index (χ4v) is 2.45. The Morgan fingerprint density at radius 2 is 0.769 bits per heavy atom. The van der Waals surface area contributed by atoms with E-state index in [2.05, 4.69) is 13.8 Å². The first-order valence-corrected chi connectivity index (χ1v) is 9.94. The van der Waals surface area contributed by atoms with Gasteiger partial charge in [0.15, 0.2) is 0 Å². The van der Waals surface area contributed by atoms with Gasteiger partial charge in [-0.3, -0.25) is 0 Å². The Morgan fingerprint density at radius 3 is 1.00 bits per heavy atom. The predicted molar refractivity (Wildman–Crippen MR) is 95.2 cm³/mol. The fourth-order valence-electron chi connectivity index (χ4n) is 2.45. The molecule has 0 spiro atoms. The summed E-state index contributed by atoms with van der Waals surface area (Å²) in [5.74, 6) is -1.83. The Hall–Kier alpha value is 1.58. The van der Waals surface area contributed by atoms with E-state index in [4.69, 9.17) is 0 Å². The molecule has 4 nitrogen and oxygen atoms in total. The maximum absolute atomic E-state index is 10.0. The van der Waals surface area contributed by atoms with Gasteiger partial charge in [0, 0.05) is 11.9 Å². The largest absolute Gasteiger partial charge is 1.00 e. The molecule has 0 saturated carbocycles. The van der Waals surface area contributed by atoms with Gasteiger partial charge in [-0.2, -0.15) is 0 Å². The topological polar surface area (TPSA) is 80.3 Å². The molecule has 0 fully saturated rings. The zero-order chi connectivity index (χ0) is 18.5. The first-order chi connectivity index (χ1) is 11.5. The molecule has 0 aromatic carbocycles. The van der Waals surface area contributed by atoms with Crippen LogP contribution in [-0.2, 0) is 9.59 Å². The summed E-state index contributed by atoms with van der Waals surface area (Å²) < 4.78 is 0. The molecule has 0 aromatic heterocycles. The van der Waals surface area contributed by atoms with Crippen molar-refractivity contribution in [1.82, 2.24) is 0 Å². The number of rotatable bonds is 16. The number of hydrogen-bond acceptors (Lipinski definition) is 4. The zero-order valence-corrected chi connectivity index (χ0v) is 23.1. The van der Waals surface area contributed by atoms with E-state index >= 15 is 0 Å². The summed E-state index contributed by atoms with van der Waals surface area (Å²) in [5.41, 5.74) is 0. The second kappa shape index (κ2) is 31.3. The van der Waals surface area contributed by atoms with Gasteiger partial charge in [-0.05, 0) is 25.7 Å². The van der Waals surface area contributed by atoms with E-state index in [9.17, 15) is 19.8 Å². The summed E-state index contributed by atoms with van der Waals surface area (Å²) in [5, 5.41) is 20.0. The predicted octanol–water partition coefficient (Wildman–Crippen LogP) is -2.24. The quantitative estimate of drug-likeness (QED) is 0.215. The Balaban J connectivity index is -0.000000173. The minimum absolute atomic E-state index is 0. The van der Waals surface area contributed by atoms with Crippen LogP contribution in [0.3, 0.4) is 0 Å². The number of carboxylic acids is 2. The van der Waals surface area contributed by atoms with Crippen molar-refractivity contribution >= 4 is 11.9 Å². The number of carbonyl (C=O) groups is 2. The van der Waals surface area contributed by atoms with Crippen molar-refractivity contribution in [2.24, 2.45) is 0 Å². The first-order valence-electron chi connectivity index (χ1n) is 9.94. The molecule has 0 heterocycles. The monoisotopic (exact) mass is 404 g/mol. The van der Waals surface area contributed by atoms with E-state index in [1.807, 2.05) is 0 Å². The molecule has 0 aliphatic carbocycles. The van der Waals surface area contributed by atoms with E-state index in [1.54, 1.807) is 0 Å². The van der Waals surface area contributed by atoms with E-state index in [-0.39, 0.29) is 93.8 Å². The van der Waals surface area contributed by atoms with Gasteiger partial charge in [-0.25, -0.2) is 0 Å². The number of hydrogen-bond donors (Lipinski definition) is 0. The van der Waals surface area contributed by atoms with Crippen LogP contribution in [0.25, 0.3) is 0 Å². The van der Waals surface area contributed by atoms with Crippen molar-refractivity contribution in [3.8, 4) is 0 Å². The van der Waals surface area contributed by atoms with Gasteiger partial charge < -0.3 is 19.8 Å². The number of unbranched alkanes of at least 4 members (excludes halogenated alkanes) is 12. The van der Waals surface area contributed by atoms with Crippen molar-refractivity contribution in [3.63, 3.8) is 0 Å². The van der Waals surface area contributed by atoms with Crippen LogP contribution < -0.4 is 91.2 Å². The molecule has 6 heteroatoms. The summed E-state index contributed by atoms with van der Waals surface area (Å²) in [6.07, 6.45) is 16.7. The van der Waals surface area contributed by atoms with Crippen LogP contribution in [0.5, 0.6) is 0 Å². The van der Waals surface area contributed by atoms with Gasteiger partial charge >= 0.3 is 80.9 Å². The molecule has 0 bridgehead atoms. The molecule has 0 amide bonds.